The lowest BCUT2D eigenvalue weighted by atomic mass is 9.96. The van der Waals surface area contributed by atoms with E-state index in [2.05, 4.69) is 26.8 Å². The third-order valence-corrected chi connectivity index (χ3v) is 4.94. The third-order valence-electron chi connectivity index (χ3n) is 4.94. The topological polar surface area (TPSA) is 52.6 Å². The van der Waals surface area contributed by atoms with Crippen molar-refractivity contribution in [2.24, 2.45) is 5.92 Å². The van der Waals surface area contributed by atoms with Crippen LogP contribution in [0.2, 0.25) is 0 Å². The smallest absolute Gasteiger partial charge is 0.227 e. The molecule has 0 bridgehead atoms. The van der Waals surface area contributed by atoms with Crippen LogP contribution in [-0.4, -0.2) is 72.0 Å². The lowest BCUT2D eigenvalue weighted by Crippen LogP contribution is -2.51. The van der Waals surface area contributed by atoms with Crippen LogP contribution in [0.15, 0.2) is 6.20 Å². The van der Waals surface area contributed by atoms with Crippen molar-refractivity contribution >= 4 is 11.7 Å². The number of aryl methyl sites for hydroxylation is 2. The monoisotopic (exact) mass is 317 g/mol. The summed E-state index contributed by atoms with van der Waals surface area (Å²) in [5.41, 5.74) is 1.88. The highest BCUT2D eigenvalue weighted by atomic mass is 16.2. The van der Waals surface area contributed by atoms with E-state index in [4.69, 9.17) is 0 Å². The van der Waals surface area contributed by atoms with E-state index in [9.17, 15) is 4.79 Å². The highest BCUT2D eigenvalue weighted by Gasteiger charge is 2.31. The molecule has 2 aliphatic rings. The van der Waals surface area contributed by atoms with Crippen LogP contribution in [0.5, 0.6) is 0 Å². The number of piperidine rings is 1. The Labute approximate surface area is 138 Å². The SMILES string of the molecule is Cc1cnc(C)c(N2CCCC(C(=O)N3CCN(C)CC3)C2)n1. The van der Waals surface area contributed by atoms with E-state index < -0.39 is 0 Å². The maximum absolute atomic E-state index is 12.8. The van der Waals surface area contributed by atoms with Gasteiger partial charge in [-0.05, 0) is 33.7 Å². The van der Waals surface area contributed by atoms with Crippen LogP contribution in [0.1, 0.15) is 24.2 Å². The minimum atomic E-state index is 0.0915. The molecule has 23 heavy (non-hydrogen) atoms. The van der Waals surface area contributed by atoms with Crippen molar-refractivity contribution in [3.63, 3.8) is 0 Å². The molecule has 2 aliphatic heterocycles. The van der Waals surface area contributed by atoms with Crippen LogP contribution in [0.3, 0.4) is 0 Å². The fraction of sp³-hybridized carbons (Fsp3) is 0.706. The van der Waals surface area contributed by atoms with Crippen LogP contribution >= 0.6 is 0 Å². The van der Waals surface area contributed by atoms with Crippen LogP contribution in [0.25, 0.3) is 0 Å². The van der Waals surface area contributed by atoms with E-state index in [0.29, 0.717) is 5.91 Å². The summed E-state index contributed by atoms with van der Waals surface area (Å²) in [7, 11) is 2.11. The normalized spacial score (nSPS) is 23.2. The molecular formula is C17H27N5O. The number of hydrogen-bond donors (Lipinski definition) is 0. The molecule has 3 heterocycles. The molecule has 0 radical (unpaired) electrons. The molecule has 1 unspecified atom stereocenters. The molecule has 2 saturated heterocycles. The number of rotatable bonds is 2. The Morgan fingerprint density at radius 1 is 1.17 bits per heavy atom. The van der Waals surface area contributed by atoms with E-state index in [0.717, 1.165) is 69.3 Å². The Hall–Kier alpha value is -1.69. The van der Waals surface area contributed by atoms with Crippen molar-refractivity contribution < 1.29 is 4.79 Å². The van der Waals surface area contributed by atoms with Gasteiger partial charge in [-0.25, -0.2) is 4.98 Å². The summed E-state index contributed by atoms with van der Waals surface area (Å²) in [5.74, 6) is 1.36. The zero-order chi connectivity index (χ0) is 16.4. The van der Waals surface area contributed by atoms with Gasteiger partial charge < -0.3 is 14.7 Å². The van der Waals surface area contributed by atoms with Gasteiger partial charge in [0.25, 0.3) is 0 Å². The Bertz CT molecular complexity index is 568. The Morgan fingerprint density at radius 2 is 1.91 bits per heavy atom. The van der Waals surface area contributed by atoms with Gasteiger partial charge in [-0.2, -0.15) is 0 Å². The van der Waals surface area contributed by atoms with E-state index in [1.165, 1.54) is 0 Å². The van der Waals surface area contributed by atoms with Crippen molar-refractivity contribution in [2.75, 3.05) is 51.2 Å². The third kappa shape index (κ3) is 3.63. The molecule has 1 atom stereocenters. The fourth-order valence-corrected chi connectivity index (χ4v) is 3.48. The summed E-state index contributed by atoms with van der Waals surface area (Å²) in [6.45, 7) is 9.36. The first-order valence-corrected chi connectivity index (χ1v) is 8.57. The van der Waals surface area contributed by atoms with Crippen LogP contribution in [0, 0.1) is 19.8 Å². The highest BCUT2D eigenvalue weighted by Crippen LogP contribution is 2.25. The maximum atomic E-state index is 12.8. The van der Waals surface area contributed by atoms with E-state index in [1.807, 2.05) is 18.7 Å². The first kappa shape index (κ1) is 16.2. The van der Waals surface area contributed by atoms with Crippen molar-refractivity contribution in [1.29, 1.82) is 0 Å². The molecule has 6 nitrogen and oxygen atoms in total. The standard InChI is InChI=1S/C17H27N5O/c1-13-11-18-14(2)16(19-13)22-6-4-5-15(12-22)17(23)21-9-7-20(3)8-10-21/h11,15H,4-10,12H2,1-3H3. The number of carbonyl (C=O) groups is 1. The molecule has 0 spiro atoms. The number of amides is 1. The molecule has 0 aromatic carbocycles. The average molecular weight is 317 g/mol. The molecule has 0 saturated carbocycles. The molecule has 0 aliphatic carbocycles. The van der Waals surface area contributed by atoms with E-state index >= 15 is 0 Å². The minimum absolute atomic E-state index is 0.0915. The molecule has 6 heteroatoms. The summed E-state index contributed by atoms with van der Waals surface area (Å²) in [6.07, 6.45) is 3.83. The quantitative estimate of drug-likeness (QED) is 0.817. The van der Waals surface area contributed by atoms with Gasteiger partial charge in [0, 0.05) is 45.5 Å². The first-order chi connectivity index (χ1) is 11.0. The van der Waals surface area contributed by atoms with Crippen molar-refractivity contribution in [1.82, 2.24) is 19.8 Å². The lowest BCUT2D eigenvalue weighted by Gasteiger charge is -2.38. The summed E-state index contributed by atoms with van der Waals surface area (Å²) in [4.78, 5) is 28.5. The van der Waals surface area contributed by atoms with Gasteiger partial charge in [0.15, 0.2) is 0 Å². The largest absolute Gasteiger partial charge is 0.354 e. The number of hydrogen-bond acceptors (Lipinski definition) is 5. The lowest BCUT2D eigenvalue weighted by molar-refractivity contribution is -0.137. The Kier molecular flexibility index (Phi) is 4.80. The average Bonchev–Trinajstić information content (AvgIpc) is 2.57. The van der Waals surface area contributed by atoms with Crippen LogP contribution in [0.4, 0.5) is 5.82 Å². The predicted molar refractivity (Wildman–Crippen MR) is 90.5 cm³/mol. The van der Waals surface area contributed by atoms with Crippen molar-refractivity contribution in [3.05, 3.63) is 17.6 Å². The van der Waals surface area contributed by atoms with Crippen LogP contribution in [-0.2, 0) is 4.79 Å². The van der Waals surface area contributed by atoms with E-state index in [1.54, 1.807) is 6.20 Å². The van der Waals surface area contributed by atoms with Crippen molar-refractivity contribution in [3.8, 4) is 0 Å². The second-order valence-electron chi connectivity index (χ2n) is 6.83. The van der Waals surface area contributed by atoms with Gasteiger partial charge in [-0.1, -0.05) is 0 Å². The molecule has 1 aromatic heterocycles. The number of nitrogens with zero attached hydrogens (tertiary/aromatic N) is 5. The second-order valence-corrected chi connectivity index (χ2v) is 6.83. The Balaban J connectivity index is 1.68. The molecular weight excluding hydrogens is 290 g/mol. The van der Waals surface area contributed by atoms with Gasteiger partial charge >= 0.3 is 0 Å². The van der Waals surface area contributed by atoms with Crippen LogP contribution < -0.4 is 4.90 Å². The first-order valence-electron chi connectivity index (χ1n) is 8.57. The van der Waals surface area contributed by atoms with Gasteiger partial charge in [0.05, 0.1) is 17.3 Å². The summed E-state index contributed by atoms with van der Waals surface area (Å²) < 4.78 is 0. The number of likely N-dealkylation sites (N-methyl/N-ethyl adjacent to an activating group) is 1. The fourth-order valence-electron chi connectivity index (χ4n) is 3.48. The zero-order valence-electron chi connectivity index (χ0n) is 14.5. The summed E-state index contributed by atoms with van der Waals surface area (Å²) in [5, 5.41) is 0. The summed E-state index contributed by atoms with van der Waals surface area (Å²) in [6, 6.07) is 0. The number of anilines is 1. The van der Waals surface area contributed by atoms with Crippen molar-refractivity contribution in [2.45, 2.75) is 26.7 Å². The molecule has 2 fully saturated rings. The van der Waals surface area contributed by atoms with E-state index in [-0.39, 0.29) is 5.92 Å². The molecule has 126 valence electrons. The number of aromatic nitrogens is 2. The number of carbonyl (C=O) groups excluding carboxylic acids is 1. The molecule has 1 aromatic rings. The Morgan fingerprint density at radius 3 is 2.65 bits per heavy atom. The predicted octanol–water partition coefficient (Wildman–Crippen LogP) is 1.08. The highest BCUT2D eigenvalue weighted by molar-refractivity contribution is 5.80. The van der Waals surface area contributed by atoms with Gasteiger partial charge in [0.1, 0.15) is 5.82 Å². The molecule has 3 rings (SSSR count). The van der Waals surface area contributed by atoms with Gasteiger partial charge in [-0.15, -0.1) is 0 Å². The van der Waals surface area contributed by atoms with Gasteiger partial charge in [-0.3, -0.25) is 9.78 Å². The molecule has 1 amide bonds. The maximum Gasteiger partial charge on any atom is 0.227 e. The number of piperazine rings is 1. The summed E-state index contributed by atoms with van der Waals surface area (Å²) >= 11 is 0. The minimum Gasteiger partial charge on any atom is -0.354 e. The zero-order valence-corrected chi connectivity index (χ0v) is 14.5. The van der Waals surface area contributed by atoms with Gasteiger partial charge in [0.2, 0.25) is 5.91 Å². The molecule has 0 N–H and O–H groups in total. The second kappa shape index (κ2) is 6.83.